The number of ketones is 1. The highest BCUT2D eigenvalue weighted by atomic mass is 16.7. The molecule has 4 aromatic carbocycles. The number of fused-ring (bicyclic) bond motifs is 2. The van der Waals surface area contributed by atoms with Gasteiger partial charge in [-0.25, -0.2) is 0 Å². The standard InChI is InChI=1S/C42H44O21/c43-12-29-34(52)36(54)38(56)41(62-29)60-27-8-16(45)7-26-32(27)17(9-24(58-26)14-1-3-18(46)20(48)5-14)31-22(50)11-28(61-42-39(57)37(55)35(53)30(13-44)63-42)33-23(51)10-25(59-40(31)33)15-2-4-19(47)21(49)6-15/h1-8,11,17,24-25,29-30,34-39,41-50,52-57H,9-10,12-13H2/t17-,24-,25-,29-,30+,34+,35-,36+,37-,38+,39-,41+,42-/m0/s1. The average molecular weight is 885 g/mol. The molecule has 0 amide bonds. The Morgan fingerprint density at radius 2 is 1.10 bits per heavy atom. The summed E-state index contributed by atoms with van der Waals surface area (Å²) in [6, 6.07) is 10.7. The van der Waals surface area contributed by atoms with Crippen LogP contribution in [0.25, 0.3) is 0 Å². The van der Waals surface area contributed by atoms with Crippen LogP contribution in [0.4, 0.5) is 0 Å². The fourth-order valence-corrected chi connectivity index (χ4v) is 8.28. The molecule has 0 bridgehead atoms. The number of Topliss-reactive ketones (excluding diaryl/α,β-unsaturated/α-hetero) is 1. The van der Waals surface area contributed by atoms with E-state index < -0.39 is 145 Å². The molecule has 0 spiro atoms. The van der Waals surface area contributed by atoms with Crippen molar-refractivity contribution < 1.29 is 105 Å². The molecule has 338 valence electrons. The predicted molar refractivity (Wildman–Crippen MR) is 207 cm³/mol. The van der Waals surface area contributed by atoms with Crippen LogP contribution in [0.15, 0.2) is 54.6 Å². The van der Waals surface area contributed by atoms with Gasteiger partial charge in [-0.05, 0) is 35.4 Å². The maximum absolute atomic E-state index is 14.4. The van der Waals surface area contributed by atoms with Crippen LogP contribution in [-0.4, -0.2) is 152 Å². The lowest BCUT2D eigenvalue weighted by atomic mass is 9.79. The summed E-state index contributed by atoms with van der Waals surface area (Å²) in [6.45, 7) is -1.62. The van der Waals surface area contributed by atoms with Gasteiger partial charge in [0.1, 0.15) is 101 Å². The summed E-state index contributed by atoms with van der Waals surface area (Å²) >= 11 is 0. The first-order valence-corrected chi connectivity index (χ1v) is 19.6. The fourth-order valence-electron chi connectivity index (χ4n) is 8.28. The quantitative estimate of drug-likeness (QED) is 0.0954. The summed E-state index contributed by atoms with van der Waals surface area (Å²) in [7, 11) is 0. The minimum atomic E-state index is -1.95. The minimum Gasteiger partial charge on any atom is -0.508 e. The summed E-state index contributed by atoms with van der Waals surface area (Å²) in [5.74, 6) is -6.37. The Morgan fingerprint density at radius 3 is 1.63 bits per heavy atom. The Morgan fingerprint density at radius 1 is 0.556 bits per heavy atom. The highest BCUT2D eigenvalue weighted by molar-refractivity contribution is 6.03. The van der Waals surface area contributed by atoms with Crippen LogP contribution in [0.2, 0.25) is 0 Å². The number of rotatable bonds is 9. The third-order valence-corrected chi connectivity index (χ3v) is 11.6. The summed E-state index contributed by atoms with van der Waals surface area (Å²) in [6.07, 6.45) is -20.6. The molecule has 2 fully saturated rings. The van der Waals surface area contributed by atoms with Crippen molar-refractivity contribution in [3.63, 3.8) is 0 Å². The molecule has 0 radical (unpaired) electrons. The van der Waals surface area contributed by atoms with E-state index in [9.17, 15) is 76.3 Å². The Balaban J connectivity index is 1.32. The molecule has 2 saturated heterocycles. The molecule has 4 aliphatic rings. The summed E-state index contributed by atoms with van der Waals surface area (Å²) < 4.78 is 36.0. The zero-order valence-corrected chi connectivity index (χ0v) is 32.6. The molecule has 4 heterocycles. The van der Waals surface area contributed by atoms with Crippen molar-refractivity contribution in [1.29, 1.82) is 0 Å². The molecular formula is C42H44O21. The van der Waals surface area contributed by atoms with Gasteiger partial charge < -0.3 is 99.9 Å². The Kier molecular flexibility index (Phi) is 11.8. The molecule has 0 unspecified atom stereocenters. The Bertz CT molecular complexity index is 2370. The van der Waals surface area contributed by atoms with E-state index in [0.717, 1.165) is 24.3 Å². The molecule has 21 heteroatoms. The van der Waals surface area contributed by atoms with Crippen LogP contribution in [0.1, 0.15) is 63.6 Å². The molecule has 4 aliphatic heterocycles. The minimum absolute atomic E-state index is 0.00422. The first-order valence-electron chi connectivity index (χ1n) is 19.6. The highest BCUT2D eigenvalue weighted by Gasteiger charge is 2.49. The van der Waals surface area contributed by atoms with Gasteiger partial charge in [-0.3, -0.25) is 4.79 Å². The number of phenols is 6. The van der Waals surface area contributed by atoms with Crippen molar-refractivity contribution in [2.45, 2.75) is 92.4 Å². The molecule has 0 saturated carbocycles. The van der Waals surface area contributed by atoms with Crippen molar-refractivity contribution in [1.82, 2.24) is 0 Å². The van der Waals surface area contributed by atoms with Crippen molar-refractivity contribution in [3.05, 3.63) is 82.4 Å². The number of carbonyl (C=O) groups is 1. The second kappa shape index (κ2) is 17.0. The number of benzene rings is 4. The van der Waals surface area contributed by atoms with E-state index in [1.807, 2.05) is 0 Å². The van der Waals surface area contributed by atoms with Crippen molar-refractivity contribution in [2.24, 2.45) is 0 Å². The lowest BCUT2D eigenvalue weighted by molar-refractivity contribution is -0.277. The smallest absolute Gasteiger partial charge is 0.229 e. The molecule has 14 N–H and O–H groups in total. The zero-order valence-electron chi connectivity index (χ0n) is 32.6. The van der Waals surface area contributed by atoms with Gasteiger partial charge in [0.15, 0.2) is 28.8 Å². The normalized spacial score (nSPS) is 31.6. The highest BCUT2D eigenvalue weighted by Crippen LogP contribution is 2.58. The lowest BCUT2D eigenvalue weighted by Gasteiger charge is -2.41. The summed E-state index contributed by atoms with van der Waals surface area (Å²) in [5.41, 5.74) is -0.0536. The number of aromatic hydroxyl groups is 6. The van der Waals surface area contributed by atoms with E-state index in [1.165, 1.54) is 30.3 Å². The molecule has 4 aromatic rings. The fraction of sp³-hybridized carbons (Fsp3) is 0.405. The topological polar surface area (TPSA) is 356 Å². The molecular weight excluding hydrogens is 840 g/mol. The maximum Gasteiger partial charge on any atom is 0.229 e. The third-order valence-electron chi connectivity index (χ3n) is 11.6. The van der Waals surface area contributed by atoms with Crippen LogP contribution in [0.5, 0.6) is 57.5 Å². The van der Waals surface area contributed by atoms with Crippen LogP contribution >= 0.6 is 0 Å². The van der Waals surface area contributed by atoms with Gasteiger partial charge in [0.2, 0.25) is 12.6 Å². The van der Waals surface area contributed by atoms with Crippen LogP contribution in [0, 0.1) is 0 Å². The third kappa shape index (κ3) is 7.92. The Labute approximate surface area is 355 Å². The molecule has 63 heavy (non-hydrogen) atoms. The molecule has 0 aromatic heterocycles. The van der Waals surface area contributed by atoms with Crippen LogP contribution in [0.3, 0.4) is 0 Å². The van der Waals surface area contributed by atoms with Crippen molar-refractivity contribution >= 4 is 5.78 Å². The summed E-state index contributed by atoms with van der Waals surface area (Å²) in [4.78, 5) is 14.4. The van der Waals surface area contributed by atoms with Crippen molar-refractivity contribution in [2.75, 3.05) is 13.2 Å². The van der Waals surface area contributed by atoms with E-state index in [-0.39, 0.29) is 51.5 Å². The van der Waals surface area contributed by atoms with Gasteiger partial charge in [0.25, 0.3) is 0 Å². The summed E-state index contributed by atoms with van der Waals surface area (Å²) in [5, 5.41) is 147. The van der Waals surface area contributed by atoms with E-state index in [1.54, 1.807) is 0 Å². The monoisotopic (exact) mass is 884 g/mol. The van der Waals surface area contributed by atoms with Gasteiger partial charge in [-0.2, -0.15) is 0 Å². The maximum atomic E-state index is 14.4. The first kappa shape index (κ1) is 43.8. The first-order chi connectivity index (χ1) is 30.0. The van der Waals surface area contributed by atoms with E-state index in [0.29, 0.717) is 0 Å². The SMILES string of the molecule is O=C1C[C@@H](c2ccc(O)c(O)c2)Oc2c1c(O[C@H]1O[C@H](CO)[C@H](O)[C@H](O)[C@@H]1O)cc(O)c2[C@@H]1C[C@@H](c2ccc(O)c(O)c2)Oc2cc(O)cc(O[C@@H]3O[C@@H](CO)[C@@H](O)[C@@H](O)[C@H]3O)c21. The molecule has 0 aliphatic carbocycles. The predicted octanol–water partition coefficient (Wildman–Crippen LogP) is -0.360. The number of aliphatic hydroxyl groups excluding tert-OH is 8. The number of aliphatic hydroxyl groups is 8. The second-order valence-corrected chi connectivity index (χ2v) is 15.6. The van der Waals surface area contributed by atoms with E-state index >= 15 is 0 Å². The number of phenolic OH excluding ortho intramolecular Hbond substituents is 6. The number of carbonyl (C=O) groups excluding carboxylic acids is 1. The second-order valence-electron chi connectivity index (χ2n) is 15.6. The van der Waals surface area contributed by atoms with E-state index in [2.05, 4.69) is 0 Å². The Hall–Kier alpha value is -5.85. The lowest BCUT2D eigenvalue weighted by Crippen LogP contribution is -2.60. The number of ether oxygens (including phenoxy) is 6. The molecule has 21 nitrogen and oxygen atoms in total. The van der Waals surface area contributed by atoms with Crippen molar-refractivity contribution in [3.8, 4) is 57.5 Å². The number of hydrogen-bond donors (Lipinski definition) is 14. The van der Waals surface area contributed by atoms with Crippen LogP contribution in [-0.2, 0) is 9.47 Å². The van der Waals surface area contributed by atoms with Gasteiger partial charge in [-0.15, -0.1) is 0 Å². The van der Waals surface area contributed by atoms with Crippen LogP contribution < -0.4 is 18.9 Å². The number of hydrogen-bond acceptors (Lipinski definition) is 21. The van der Waals surface area contributed by atoms with E-state index in [4.69, 9.17) is 28.4 Å². The van der Waals surface area contributed by atoms with Gasteiger partial charge in [0.05, 0.1) is 19.6 Å². The van der Waals surface area contributed by atoms with Gasteiger partial charge >= 0.3 is 0 Å². The average Bonchev–Trinajstić information content (AvgIpc) is 3.25. The van der Waals surface area contributed by atoms with Gasteiger partial charge in [-0.1, -0.05) is 12.1 Å². The largest absolute Gasteiger partial charge is 0.508 e. The molecule has 13 atom stereocenters. The zero-order chi connectivity index (χ0) is 45.2. The molecule has 8 rings (SSSR count). The van der Waals surface area contributed by atoms with Gasteiger partial charge in [0, 0.05) is 41.7 Å².